The Bertz CT molecular complexity index is 614. The molecule has 2 rings (SSSR count). The highest BCUT2D eigenvalue weighted by atomic mass is 35.5. The number of hydrogen-bond acceptors (Lipinski definition) is 4. The van der Waals surface area contributed by atoms with Crippen LogP contribution in [0.2, 0.25) is 5.02 Å². The lowest BCUT2D eigenvalue weighted by Crippen LogP contribution is -2.37. The third kappa shape index (κ3) is 5.85. The molecule has 0 aromatic heterocycles. The zero-order valence-electron chi connectivity index (χ0n) is 14.4. The Hall–Kier alpha value is -1.88. The predicted octanol–water partition coefficient (Wildman–Crippen LogP) is 3.40. The summed E-state index contributed by atoms with van der Waals surface area (Å²) in [7, 11) is 1.40. The van der Waals surface area contributed by atoms with E-state index >= 15 is 0 Å². The second-order valence-electron chi connectivity index (χ2n) is 6.41. The Balaban J connectivity index is 1.77. The number of carbonyl (C=O) groups is 3. The Morgan fingerprint density at radius 3 is 2.48 bits per heavy atom. The number of Topliss-reactive ketones (excluding diaryl/α,β-unsaturated/α-hetero) is 1. The number of carbonyl (C=O) groups excluding carboxylic acids is 3. The largest absolute Gasteiger partial charge is 0.469 e. The molecule has 0 heterocycles. The van der Waals surface area contributed by atoms with E-state index < -0.39 is 0 Å². The minimum atomic E-state index is -0.197. The van der Waals surface area contributed by atoms with Crippen LogP contribution in [0, 0.1) is 11.8 Å². The lowest BCUT2D eigenvalue weighted by molar-refractivity contribution is -0.148. The first kappa shape index (κ1) is 19.4. The zero-order chi connectivity index (χ0) is 18.2. The zero-order valence-corrected chi connectivity index (χ0v) is 15.2. The van der Waals surface area contributed by atoms with Crippen molar-refractivity contribution in [3.8, 4) is 0 Å². The van der Waals surface area contributed by atoms with Crippen molar-refractivity contribution in [2.45, 2.75) is 38.5 Å². The molecule has 1 fully saturated rings. The van der Waals surface area contributed by atoms with Crippen molar-refractivity contribution < 1.29 is 19.1 Å². The molecule has 1 amide bonds. The van der Waals surface area contributed by atoms with Crippen LogP contribution in [0.1, 0.15) is 48.9 Å². The topological polar surface area (TPSA) is 72.5 Å². The summed E-state index contributed by atoms with van der Waals surface area (Å²) in [4.78, 5) is 35.9. The van der Waals surface area contributed by atoms with Gasteiger partial charge in [0, 0.05) is 30.0 Å². The van der Waals surface area contributed by atoms with Crippen LogP contribution in [0.15, 0.2) is 24.3 Å². The molecule has 1 saturated carbocycles. The van der Waals surface area contributed by atoms with Crippen LogP contribution < -0.4 is 5.32 Å². The van der Waals surface area contributed by atoms with Gasteiger partial charge in [0.05, 0.1) is 13.0 Å². The monoisotopic (exact) mass is 365 g/mol. The summed E-state index contributed by atoms with van der Waals surface area (Å²) < 4.78 is 4.86. The number of ether oxygens (including phenoxy) is 1. The molecule has 0 saturated heterocycles. The summed E-state index contributed by atoms with van der Waals surface area (Å²) in [5.74, 6) is -0.489. The highest BCUT2D eigenvalue weighted by molar-refractivity contribution is 6.30. The van der Waals surface area contributed by atoms with Crippen LogP contribution in [0.4, 0.5) is 0 Å². The molecule has 2 unspecified atom stereocenters. The summed E-state index contributed by atoms with van der Waals surface area (Å²) in [6.45, 7) is 0.452. The number of ketones is 1. The second-order valence-corrected chi connectivity index (χ2v) is 6.84. The van der Waals surface area contributed by atoms with E-state index in [4.69, 9.17) is 16.3 Å². The lowest BCUT2D eigenvalue weighted by Gasteiger charge is -2.29. The van der Waals surface area contributed by atoms with Crippen LogP contribution in [0.3, 0.4) is 0 Å². The third-order valence-corrected chi connectivity index (χ3v) is 4.97. The maximum absolute atomic E-state index is 12.1. The van der Waals surface area contributed by atoms with Crippen LogP contribution in [0.25, 0.3) is 0 Å². The van der Waals surface area contributed by atoms with E-state index in [1.165, 1.54) is 7.11 Å². The van der Waals surface area contributed by atoms with Gasteiger partial charge in [0.15, 0.2) is 5.78 Å². The first-order valence-corrected chi connectivity index (χ1v) is 9.02. The maximum atomic E-state index is 12.1. The number of rotatable bonds is 7. The summed E-state index contributed by atoms with van der Waals surface area (Å²) in [6.07, 6.45) is 4.07. The Morgan fingerprint density at radius 2 is 1.80 bits per heavy atom. The van der Waals surface area contributed by atoms with E-state index in [1.54, 1.807) is 24.3 Å². The minimum Gasteiger partial charge on any atom is -0.469 e. The fourth-order valence-corrected chi connectivity index (χ4v) is 3.38. The van der Waals surface area contributed by atoms with Crippen molar-refractivity contribution in [2.75, 3.05) is 13.7 Å². The van der Waals surface area contributed by atoms with Gasteiger partial charge >= 0.3 is 5.97 Å². The molecule has 5 nitrogen and oxygen atoms in total. The van der Waals surface area contributed by atoms with Gasteiger partial charge in [-0.15, -0.1) is 0 Å². The molecular weight excluding hydrogens is 342 g/mol. The van der Waals surface area contributed by atoms with E-state index in [0.717, 1.165) is 25.7 Å². The maximum Gasteiger partial charge on any atom is 0.309 e. The molecule has 0 spiro atoms. The number of halogens is 1. The second kappa shape index (κ2) is 9.56. The normalized spacial score (nSPS) is 19.9. The van der Waals surface area contributed by atoms with Crippen LogP contribution in [0.5, 0.6) is 0 Å². The summed E-state index contributed by atoms with van der Waals surface area (Å²) >= 11 is 5.80. The van der Waals surface area contributed by atoms with Crippen molar-refractivity contribution in [3.05, 3.63) is 34.9 Å². The van der Waals surface area contributed by atoms with Crippen molar-refractivity contribution in [2.24, 2.45) is 11.8 Å². The van der Waals surface area contributed by atoms with E-state index in [0.29, 0.717) is 17.1 Å². The number of nitrogens with one attached hydrogen (secondary N) is 1. The van der Waals surface area contributed by atoms with Crippen molar-refractivity contribution >= 4 is 29.3 Å². The first-order valence-electron chi connectivity index (χ1n) is 8.64. The quantitative estimate of drug-likeness (QED) is 0.593. The van der Waals surface area contributed by atoms with Crippen LogP contribution in [-0.4, -0.2) is 31.3 Å². The Kier molecular flexibility index (Phi) is 7.44. The summed E-state index contributed by atoms with van der Waals surface area (Å²) in [5, 5.41) is 3.43. The molecule has 0 radical (unpaired) electrons. The van der Waals surface area contributed by atoms with E-state index in [1.807, 2.05) is 0 Å². The fraction of sp³-hybridized carbons (Fsp3) is 0.526. The molecule has 0 bridgehead atoms. The van der Waals surface area contributed by atoms with Crippen molar-refractivity contribution in [1.82, 2.24) is 5.32 Å². The first-order chi connectivity index (χ1) is 12.0. The number of esters is 1. The molecule has 6 heteroatoms. The minimum absolute atomic E-state index is 0.0862. The smallest absolute Gasteiger partial charge is 0.309 e. The van der Waals surface area contributed by atoms with Gasteiger partial charge < -0.3 is 10.1 Å². The van der Waals surface area contributed by atoms with E-state index in [-0.39, 0.29) is 42.3 Å². The molecule has 1 N–H and O–H groups in total. The van der Waals surface area contributed by atoms with Gasteiger partial charge in [-0.25, -0.2) is 0 Å². The van der Waals surface area contributed by atoms with Gasteiger partial charge in [0.1, 0.15) is 0 Å². The van der Waals surface area contributed by atoms with Crippen molar-refractivity contribution in [3.63, 3.8) is 0 Å². The van der Waals surface area contributed by atoms with Gasteiger partial charge in [-0.2, -0.15) is 0 Å². The molecule has 0 aliphatic heterocycles. The van der Waals surface area contributed by atoms with Crippen LogP contribution >= 0.6 is 11.6 Å². The van der Waals surface area contributed by atoms with Crippen molar-refractivity contribution in [1.29, 1.82) is 0 Å². The Morgan fingerprint density at radius 1 is 1.12 bits per heavy atom. The van der Waals surface area contributed by atoms with E-state index in [2.05, 4.69) is 5.32 Å². The van der Waals surface area contributed by atoms with Gasteiger partial charge in [0.25, 0.3) is 0 Å². The molecular formula is C19H24ClNO4. The molecule has 25 heavy (non-hydrogen) atoms. The summed E-state index contributed by atoms with van der Waals surface area (Å²) in [5.41, 5.74) is 0.551. The molecule has 1 aromatic rings. The van der Waals surface area contributed by atoms with Gasteiger partial charge in [0.2, 0.25) is 5.91 Å². The van der Waals surface area contributed by atoms with Gasteiger partial charge in [-0.05, 0) is 43.0 Å². The molecule has 1 aromatic carbocycles. The SMILES string of the molecule is COC(=O)C1CCCCC1CNC(=O)CCC(=O)c1ccc(Cl)cc1. The Labute approximate surface area is 153 Å². The number of hydrogen-bond donors (Lipinski definition) is 1. The van der Waals surface area contributed by atoms with E-state index in [9.17, 15) is 14.4 Å². The average molecular weight is 366 g/mol. The lowest BCUT2D eigenvalue weighted by atomic mass is 9.79. The molecule has 1 aliphatic carbocycles. The molecule has 2 atom stereocenters. The number of amides is 1. The van der Waals surface area contributed by atoms with Gasteiger partial charge in [-0.3, -0.25) is 14.4 Å². The summed E-state index contributed by atoms with van der Waals surface area (Å²) in [6, 6.07) is 6.63. The number of methoxy groups -OCH3 is 1. The van der Waals surface area contributed by atoms with Gasteiger partial charge in [-0.1, -0.05) is 24.4 Å². The predicted molar refractivity (Wildman–Crippen MR) is 95.5 cm³/mol. The van der Waals surface area contributed by atoms with Crippen LogP contribution in [-0.2, 0) is 14.3 Å². The highest BCUT2D eigenvalue weighted by Crippen LogP contribution is 2.30. The molecule has 136 valence electrons. The average Bonchev–Trinajstić information content (AvgIpc) is 2.64. The highest BCUT2D eigenvalue weighted by Gasteiger charge is 2.31. The molecule has 1 aliphatic rings. The number of benzene rings is 1. The fourth-order valence-electron chi connectivity index (χ4n) is 3.25. The third-order valence-electron chi connectivity index (χ3n) is 4.72. The standard InChI is InChI=1S/C19H24ClNO4/c1-25-19(24)16-5-3-2-4-14(16)12-21-18(23)11-10-17(22)13-6-8-15(20)9-7-13/h6-9,14,16H,2-5,10-12H2,1H3,(H,21,23).